The molecular formula is C14H27ClN2O3. The summed E-state index contributed by atoms with van der Waals surface area (Å²) in [5.41, 5.74) is 0.465. The average Bonchev–Trinajstić information content (AvgIpc) is 2.87. The first-order valence-corrected chi connectivity index (χ1v) is 7.40. The van der Waals surface area contributed by atoms with Crippen molar-refractivity contribution in [1.29, 1.82) is 0 Å². The Morgan fingerprint density at radius 2 is 1.90 bits per heavy atom. The first-order valence-electron chi connectivity index (χ1n) is 7.40. The van der Waals surface area contributed by atoms with Crippen LogP contribution in [0.25, 0.3) is 0 Å². The van der Waals surface area contributed by atoms with Gasteiger partial charge in [-0.25, -0.2) is 0 Å². The van der Waals surface area contributed by atoms with E-state index in [-0.39, 0.29) is 24.9 Å². The molecule has 0 radical (unpaired) electrons. The largest absolute Gasteiger partial charge is 0.379 e. The number of likely N-dealkylation sites (tertiary alicyclic amines) is 1. The number of carbonyl (C=O) groups excluding carboxylic acids is 1. The Bertz CT molecular complexity index is 286. The summed E-state index contributed by atoms with van der Waals surface area (Å²) in [7, 11) is 0. The number of halogens is 1. The number of ether oxygens (including phenoxy) is 2. The van der Waals surface area contributed by atoms with Crippen LogP contribution in [0.15, 0.2) is 0 Å². The summed E-state index contributed by atoms with van der Waals surface area (Å²) in [6.07, 6.45) is 3.52. The molecule has 20 heavy (non-hydrogen) atoms. The van der Waals surface area contributed by atoms with Crippen LogP contribution >= 0.6 is 12.4 Å². The molecule has 1 N–H and O–H groups in total. The summed E-state index contributed by atoms with van der Waals surface area (Å²) >= 11 is 0. The van der Waals surface area contributed by atoms with E-state index in [2.05, 4.69) is 5.32 Å². The highest BCUT2D eigenvalue weighted by molar-refractivity contribution is 5.85. The van der Waals surface area contributed by atoms with E-state index in [1.165, 1.54) is 6.42 Å². The standard InChI is InChI=1S/C14H26N2O3.ClH/c1-2-18-9-10-19-11-13(17)16-7-4-14(5-8-16)3-6-15-12-14;/h15H,2-12H2,1H3;1H. The van der Waals surface area contributed by atoms with Crippen molar-refractivity contribution in [2.24, 2.45) is 5.41 Å². The highest BCUT2D eigenvalue weighted by atomic mass is 35.5. The van der Waals surface area contributed by atoms with Crippen molar-refractivity contribution in [2.45, 2.75) is 26.2 Å². The van der Waals surface area contributed by atoms with Gasteiger partial charge in [0.15, 0.2) is 0 Å². The second-order valence-electron chi connectivity index (χ2n) is 5.56. The fourth-order valence-electron chi connectivity index (χ4n) is 2.97. The first kappa shape index (κ1) is 17.7. The quantitative estimate of drug-likeness (QED) is 0.746. The third-order valence-electron chi connectivity index (χ3n) is 4.31. The smallest absolute Gasteiger partial charge is 0.248 e. The minimum Gasteiger partial charge on any atom is -0.379 e. The van der Waals surface area contributed by atoms with Crippen molar-refractivity contribution in [3.05, 3.63) is 0 Å². The Morgan fingerprint density at radius 3 is 2.50 bits per heavy atom. The van der Waals surface area contributed by atoms with Crippen molar-refractivity contribution < 1.29 is 14.3 Å². The molecular weight excluding hydrogens is 280 g/mol. The zero-order chi connectivity index (χ0) is 13.6. The van der Waals surface area contributed by atoms with Crippen LogP contribution < -0.4 is 5.32 Å². The maximum atomic E-state index is 12.0. The summed E-state index contributed by atoms with van der Waals surface area (Å²) in [5.74, 6) is 0.123. The van der Waals surface area contributed by atoms with Crippen LogP contribution in [0.5, 0.6) is 0 Å². The van der Waals surface area contributed by atoms with E-state index in [9.17, 15) is 4.79 Å². The first-order chi connectivity index (χ1) is 9.26. The normalized spacial score (nSPS) is 20.9. The second-order valence-corrected chi connectivity index (χ2v) is 5.56. The third-order valence-corrected chi connectivity index (χ3v) is 4.31. The van der Waals surface area contributed by atoms with Crippen molar-refractivity contribution >= 4 is 18.3 Å². The molecule has 0 aromatic carbocycles. The number of carbonyl (C=O) groups is 1. The Balaban J connectivity index is 0.00000200. The maximum Gasteiger partial charge on any atom is 0.248 e. The van der Waals surface area contributed by atoms with Crippen LogP contribution in [0.2, 0.25) is 0 Å². The van der Waals surface area contributed by atoms with Crippen LogP contribution in [-0.4, -0.2) is 63.4 Å². The van der Waals surface area contributed by atoms with Gasteiger partial charge in [-0.3, -0.25) is 4.79 Å². The van der Waals surface area contributed by atoms with E-state index >= 15 is 0 Å². The number of rotatable bonds is 6. The van der Waals surface area contributed by atoms with Gasteiger partial charge in [0.1, 0.15) is 6.61 Å². The van der Waals surface area contributed by atoms with Crippen molar-refractivity contribution in [2.75, 3.05) is 52.6 Å². The molecule has 2 rings (SSSR count). The molecule has 0 atom stereocenters. The molecule has 118 valence electrons. The molecule has 0 aromatic rings. The molecule has 6 heteroatoms. The summed E-state index contributed by atoms with van der Waals surface area (Å²) in [5, 5.41) is 3.44. The lowest BCUT2D eigenvalue weighted by atomic mass is 9.78. The summed E-state index contributed by atoms with van der Waals surface area (Å²) in [6, 6.07) is 0. The van der Waals surface area contributed by atoms with Gasteiger partial charge >= 0.3 is 0 Å². The number of nitrogens with one attached hydrogen (secondary N) is 1. The van der Waals surface area contributed by atoms with Crippen molar-refractivity contribution in [3.8, 4) is 0 Å². The van der Waals surface area contributed by atoms with Crippen LogP contribution in [0.1, 0.15) is 26.2 Å². The minimum atomic E-state index is 0. The van der Waals surface area contributed by atoms with E-state index in [1.807, 2.05) is 11.8 Å². The molecule has 2 fully saturated rings. The molecule has 2 aliphatic rings. The second kappa shape index (κ2) is 8.82. The Kier molecular flexibility index (Phi) is 7.80. The Morgan fingerprint density at radius 1 is 1.20 bits per heavy atom. The van der Waals surface area contributed by atoms with Crippen molar-refractivity contribution in [3.63, 3.8) is 0 Å². The third kappa shape index (κ3) is 4.88. The van der Waals surface area contributed by atoms with Gasteiger partial charge in [-0.15, -0.1) is 12.4 Å². The molecule has 1 amide bonds. The van der Waals surface area contributed by atoms with E-state index in [4.69, 9.17) is 9.47 Å². The van der Waals surface area contributed by atoms with Gasteiger partial charge in [0.25, 0.3) is 0 Å². The lowest BCUT2D eigenvalue weighted by Crippen LogP contribution is -2.45. The lowest BCUT2D eigenvalue weighted by Gasteiger charge is -2.38. The Hall–Kier alpha value is -0.360. The average molecular weight is 307 g/mol. The molecule has 1 spiro atoms. The van der Waals surface area contributed by atoms with E-state index in [0.717, 1.165) is 39.0 Å². The zero-order valence-electron chi connectivity index (χ0n) is 12.4. The minimum absolute atomic E-state index is 0. The maximum absolute atomic E-state index is 12.0. The van der Waals surface area contributed by atoms with Gasteiger partial charge in [0.2, 0.25) is 5.91 Å². The van der Waals surface area contributed by atoms with Crippen LogP contribution in [0.4, 0.5) is 0 Å². The molecule has 2 aliphatic heterocycles. The molecule has 0 aliphatic carbocycles. The van der Waals surface area contributed by atoms with Gasteiger partial charge in [0, 0.05) is 26.2 Å². The van der Waals surface area contributed by atoms with Crippen LogP contribution in [0, 0.1) is 5.41 Å². The van der Waals surface area contributed by atoms with E-state index in [1.54, 1.807) is 0 Å². The van der Waals surface area contributed by atoms with Crippen molar-refractivity contribution in [1.82, 2.24) is 10.2 Å². The highest BCUT2D eigenvalue weighted by Crippen LogP contribution is 2.36. The number of hydrogen-bond acceptors (Lipinski definition) is 4. The predicted octanol–water partition coefficient (Wildman–Crippen LogP) is 1.06. The zero-order valence-corrected chi connectivity index (χ0v) is 13.2. The number of piperidine rings is 1. The number of amides is 1. The van der Waals surface area contributed by atoms with E-state index in [0.29, 0.717) is 25.2 Å². The predicted molar refractivity (Wildman–Crippen MR) is 80.3 cm³/mol. The molecule has 0 saturated carbocycles. The molecule has 0 unspecified atom stereocenters. The SMILES string of the molecule is CCOCCOCC(=O)N1CCC2(CCNC2)CC1.Cl. The molecule has 0 aromatic heterocycles. The van der Waals surface area contributed by atoms with Gasteiger partial charge in [-0.2, -0.15) is 0 Å². The monoisotopic (exact) mass is 306 g/mol. The fraction of sp³-hybridized carbons (Fsp3) is 0.929. The van der Waals surface area contributed by atoms with Gasteiger partial charge in [-0.05, 0) is 38.1 Å². The molecule has 2 heterocycles. The molecule has 2 saturated heterocycles. The number of hydrogen-bond donors (Lipinski definition) is 1. The van der Waals surface area contributed by atoms with Crippen LogP contribution in [-0.2, 0) is 14.3 Å². The Labute approximate surface area is 127 Å². The topological polar surface area (TPSA) is 50.8 Å². The lowest BCUT2D eigenvalue weighted by molar-refractivity contribution is -0.138. The fourth-order valence-corrected chi connectivity index (χ4v) is 2.97. The van der Waals surface area contributed by atoms with Gasteiger partial charge < -0.3 is 19.7 Å². The molecule has 5 nitrogen and oxygen atoms in total. The van der Waals surface area contributed by atoms with Gasteiger partial charge in [0.05, 0.1) is 13.2 Å². The molecule has 0 bridgehead atoms. The van der Waals surface area contributed by atoms with Crippen LogP contribution in [0.3, 0.4) is 0 Å². The summed E-state index contributed by atoms with van der Waals surface area (Å²) in [4.78, 5) is 13.9. The highest BCUT2D eigenvalue weighted by Gasteiger charge is 2.37. The van der Waals surface area contributed by atoms with Gasteiger partial charge in [-0.1, -0.05) is 0 Å². The number of nitrogens with zero attached hydrogens (tertiary/aromatic N) is 1. The summed E-state index contributed by atoms with van der Waals surface area (Å²) < 4.78 is 10.5. The van der Waals surface area contributed by atoms with E-state index < -0.39 is 0 Å². The summed E-state index contributed by atoms with van der Waals surface area (Å²) in [6.45, 7) is 7.93.